The Bertz CT molecular complexity index is 1630. The van der Waals surface area contributed by atoms with E-state index in [9.17, 15) is 4.79 Å². The molecule has 40 heavy (non-hydrogen) atoms. The number of benzene rings is 4. The van der Waals surface area contributed by atoms with Gasteiger partial charge in [-0.05, 0) is 88.6 Å². The molecule has 9 heteroatoms. The van der Waals surface area contributed by atoms with Gasteiger partial charge in [-0.25, -0.2) is 10.4 Å². The zero-order chi connectivity index (χ0) is 27.9. The SMILES string of the molecule is Cc1ccc(Nc2nc(-c3ccc(C(=O)N/N=C\c4ccc(OCc5ccc(Br)cc5)c(Br)c4)cc3)cs2)cc1. The molecule has 6 nitrogen and oxygen atoms in total. The van der Waals surface area contributed by atoms with E-state index in [1.165, 1.54) is 16.9 Å². The molecule has 1 aromatic heterocycles. The Morgan fingerprint density at radius 1 is 0.975 bits per heavy atom. The number of carbonyl (C=O) groups is 1. The smallest absolute Gasteiger partial charge is 0.271 e. The van der Waals surface area contributed by atoms with Crippen LogP contribution in [-0.2, 0) is 6.61 Å². The van der Waals surface area contributed by atoms with E-state index in [1.807, 2.05) is 72.1 Å². The van der Waals surface area contributed by atoms with Crippen LogP contribution in [0.1, 0.15) is 27.0 Å². The van der Waals surface area contributed by atoms with Crippen molar-refractivity contribution in [2.24, 2.45) is 5.10 Å². The molecular formula is C31H24Br2N4O2S. The van der Waals surface area contributed by atoms with E-state index in [2.05, 4.69) is 71.7 Å². The molecule has 0 saturated carbocycles. The second-order valence-electron chi connectivity index (χ2n) is 8.91. The van der Waals surface area contributed by atoms with Crippen molar-refractivity contribution in [3.63, 3.8) is 0 Å². The molecule has 0 aliphatic rings. The van der Waals surface area contributed by atoms with Gasteiger partial charge in [0.05, 0.1) is 16.4 Å². The number of aryl methyl sites for hydroxylation is 1. The molecule has 0 atom stereocenters. The predicted octanol–water partition coefficient (Wildman–Crippen LogP) is 8.73. The minimum Gasteiger partial charge on any atom is -0.488 e. The van der Waals surface area contributed by atoms with E-state index < -0.39 is 0 Å². The number of hydrogen-bond acceptors (Lipinski definition) is 6. The Balaban J connectivity index is 1.14. The summed E-state index contributed by atoms with van der Waals surface area (Å²) in [5.41, 5.74) is 8.96. The van der Waals surface area contributed by atoms with Crippen molar-refractivity contribution in [1.82, 2.24) is 10.4 Å². The van der Waals surface area contributed by atoms with Gasteiger partial charge in [0.2, 0.25) is 0 Å². The van der Waals surface area contributed by atoms with Crippen LogP contribution in [0.4, 0.5) is 10.8 Å². The number of thiazole rings is 1. The van der Waals surface area contributed by atoms with Crippen molar-refractivity contribution < 1.29 is 9.53 Å². The lowest BCUT2D eigenvalue weighted by Crippen LogP contribution is -2.17. The molecule has 1 amide bonds. The zero-order valence-corrected chi connectivity index (χ0v) is 25.4. The lowest BCUT2D eigenvalue weighted by Gasteiger charge is -2.09. The Hall–Kier alpha value is -3.79. The average molecular weight is 676 g/mol. The largest absolute Gasteiger partial charge is 0.488 e. The number of hydrogen-bond donors (Lipinski definition) is 2. The van der Waals surface area contributed by atoms with E-state index in [0.717, 1.165) is 47.9 Å². The van der Waals surface area contributed by atoms with Crippen LogP contribution in [-0.4, -0.2) is 17.1 Å². The summed E-state index contributed by atoms with van der Waals surface area (Å²) in [5, 5.41) is 10.2. The van der Waals surface area contributed by atoms with Gasteiger partial charge in [0.15, 0.2) is 5.13 Å². The maximum Gasteiger partial charge on any atom is 0.271 e. The van der Waals surface area contributed by atoms with Gasteiger partial charge in [-0.1, -0.05) is 57.9 Å². The Morgan fingerprint density at radius 2 is 1.73 bits per heavy atom. The summed E-state index contributed by atoms with van der Waals surface area (Å²) in [4.78, 5) is 17.3. The molecule has 1 heterocycles. The van der Waals surface area contributed by atoms with Crippen LogP contribution < -0.4 is 15.5 Å². The monoisotopic (exact) mass is 674 g/mol. The molecule has 4 aromatic carbocycles. The van der Waals surface area contributed by atoms with E-state index in [-0.39, 0.29) is 5.91 Å². The molecule has 0 aliphatic heterocycles. The average Bonchev–Trinajstić information content (AvgIpc) is 3.43. The van der Waals surface area contributed by atoms with Crippen LogP contribution in [0.3, 0.4) is 0 Å². The highest BCUT2D eigenvalue weighted by Gasteiger charge is 2.09. The van der Waals surface area contributed by atoms with Crippen molar-refractivity contribution >= 4 is 66.1 Å². The Morgan fingerprint density at radius 3 is 2.45 bits per heavy atom. The molecule has 200 valence electrons. The van der Waals surface area contributed by atoms with E-state index >= 15 is 0 Å². The quantitative estimate of drug-likeness (QED) is 0.121. The summed E-state index contributed by atoms with van der Waals surface area (Å²) < 4.78 is 7.74. The highest BCUT2D eigenvalue weighted by molar-refractivity contribution is 9.10. The first kappa shape index (κ1) is 27.8. The van der Waals surface area contributed by atoms with Gasteiger partial charge in [-0.2, -0.15) is 5.10 Å². The molecule has 2 N–H and O–H groups in total. The van der Waals surface area contributed by atoms with Gasteiger partial charge < -0.3 is 10.1 Å². The van der Waals surface area contributed by atoms with Crippen LogP contribution in [0.25, 0.3) is 11.3 Å². The van der Waals surface area contributed by atoms with Crippen molar-refractivity contribution in [3.05, 3.63) is 128 Å². The van der Waals surface area contributed by atoms with Crippen molar-refractivity contribution in [1.29, 1.82) is 0 Å². The number of ether oxygens (including phenoxy) is 1. The molecule has 5 aromatic rings. The molecule has 0 radical (unpaired) electrons. The maximum absolute atomic E-state index is 12.6. The van der Waals surface area contributed by atoms with Gasteiger partial charge in [-0.15, -0.1) is 11.3 Å². The lowest BCUT2D eigenvalue weighted by molar-refractivity contribution is 0.0955. The minimum atomic E-state index is -0.295. The molecule has 0 bridgehead atoms. The molecular weight excluding hydrogens is 652 g/mol. The van der Waals surface area contributed by atoms with Gasteiger partial charge >= 0.3 is 0 Å². The highest BCUT2D eigenvalue weighted by atomic mass is 79.9. The van der Waals surface area contributed by atoms with Crippen LogP contribution in [0.15, 0.2) is 110 Å². The second kappa shape index (κ2) is 13.0. The fourth-order valence-corrected chi connectivity index (χ4v) is 5.22. The fraction of sp³-hybridized carbons (Fsp3) is 0.0645. The van der Waals surface area contributed by atoms with Crippen molar-refractivity contribution in [2.75, 3.05) is 5.32 Å². The van der Waals surface area contributed by atoms with Gasteiger partial charge in [0.25, 0.3) is 5.91 Å². The number of hydrazone groups is 1. The predicted molar refractivity (Wildman–Crippen MR) is 170 cm³/mol. The summed E-state index contributed by atoms with van der Waals surface area (Å²) in [7, 11) is 0. The van der Waals surface area contributed by atoms with Crippen LogP contribution in [0.2, 0.25) is 0 Å². The summed E-state index contributed by atoms with van der Waals surface area (Å²) >= 11 is 8.51. The topological polar surface area (TPSA) is 75.6 Å². The van der Waals surface area contributed by atoms with Crippen LogP contribution in [0.5, 0.6) is 5.75 Å². The van der Waals surface area contributed by atoms with E-state index in [0.29, 0.717) is 12.2 Å². The number of amides is 1. The molecule has 0 aliphatic carbocycles. The Kier molecular flexibility index (Phi) is 9.05. The zero-order valence-electron chi connectivity index (χ0n) is 21.4. The molecule has 0 fully saturated rings. The molecule has 0 saturated heterocycles. The Labute approximate surface area is 253 Å². The van der Waals surface area contributed by atoms with Crippen LogP contribution in [0, 0.1) is 6.92 Å². The first-order valence-corrected chi connectivity index (χ1v) is 14.8. The number of carbonyl (C=O) groups excluding carboxylic acids is 1. The standard InChI is InChI=1S/C31H24Br2N4O2S/c1-20-2-13-26(14-3-20)35-31-36-28(19-40-31)23-7-9-24(10-8-23)30(38)37-34-17-22-6-15-29(27(33)16-22)39-18-21-4-11-25(32)12-5-21/h2-17,19H,18H2,1H3,(H,35,36)(H,37,38)/b34-17-. The second-order valence-corrected chi connectivity index (χ2v) is 11.5. The normalized spacial score (nSPS) is 11.0. The van der Waals surface area contributed by atoms with Gasteiger partial charge in [-0.3, -0.25) is 4.79 Å². The third kappa shape index (κ3) is 7.44. The van der Waals surface area contributed by atoms with Crippen LogP contribution >= 0.6 is 43.2 Å². The summed E-state index contributed by atoms with van der Waals surface area (Å²) in [6, 6.07) is 29.1. The van der Waals surface area contributed by atoms with E-state index in [4.69, 9.17) is 4.74 Å². The number of rotatable bonds is 9. The molecule has 5 rings (SSSR count). The third-order valence-electron chi connectivity index (χ3n) is 5.89. The summed E-state index contributed by atoms with van der Waals surface area (Å²) in [6.07, 6.45) is 1.59. The first-order chi connectivity index (χ1) is 19.4. The number of nitrogens with zero attached hydrogens (tertiary/aromatic N) is 2. The fourth-order valence-electron chi connectivity index (χ4n) is 3.70. The number of anilines is 2. The maximum atomic E-state index is 12.6. The van der Waals surface area contributed by atoms with Crippen molar-refractivity contribution in [2.45, 2.75) is 13.5 Å². The number of nitrogens with one attached hydrogen (secondary N) is 2. The van der Waals surface area contributed by atoms with Crippen molar-refractivity contribution in [3.8, 4) is 17.0 Å². The highest BCUT2D eigenvalue weighted by Crippen LogP contribution is 2.28. The van der Waals surface area contributed by atoms with E-state index in [1.54, 1.807) is 18.3 Å². The van der Waals surface area contributed by atoms with Gasteiger partial charge in [0, 0.05) is 26.7 Å². The molecule has 0 unspecified atom stereocenters. The minimum absolute atomic E-state index is 0.295. The first-order valence-electron chi connectivity index (χ1n) is 12.3. The molecule has 0 spiro atoms. The summed E-state index contributed by atoms with van der Waals surface area (Å²) in [6.45, 7) is 2.52. The summed E-state index contributed by atoms with van der Waals surface area (Å²) in [5.74, 6) is 0.429. The lowest BCUT2D eigenvalue weighted by atomic mass is 10.1. The third-order valence-corrected chi connectivity index (χ3v) is 7.80. The number of aromatic nitrogens is 1. The van der Waals surface area contributed by atoms with Gasteiger partial charge in [0.1, 0.15) is 12.4 Å². The number of halogens is 2.